The Bertz CT molecular complexity index is 280. The molecule has 118 valence electrons. The molecule has 20 heavy (non-hydrogen) atoms. The van der Waals surface area contributed by atoms with Gasteiger partial charge in [-0.2, -0.15) is 0 Å². The topological polar surface area (TPSA) is 29.3 Å². The van der Waals surface area contributed by atoms with Crippen molar-refractivity contribution in [2.45, 2.75) is 84.1 Å². The molecule has 0 aromatic rings. The van der Waals surface area contributed by atoms with Gasteiger partial charge in [-0.15, -0.1) is 0 Å². The smallest absolute Gasteiger partial charge is 0.00928 e. The quantitative estimate of drug-likeness (QED) is 0.783. The van der Waals surface area contributed by atoms with E-state index in [2.05, 4.69) is 25.8 Å². The summed E-state index contributed by atoms with van der Waals surface area (Å²) in [7, 11) is 2.35. The van der Waals surface area contributed by atoms with Crippen molar-refractivity contribution in [3.05, 3.63) is 0 Å². The van der Waals surface area contributed by atoms with E-state index >= 15 is 0 Å². The van der Waals surface area contributed by atoms with Crippen LogP contribution in [0.2, 0.25) is 0 Å². The lowest BCUT2D eigenvalue weighted by atomic mass is 9.74. The summed E-state index contributed by atoms with van der Waals surface area (Å²) in [5.74, 6) is 0. The van der Waals surface area contributed by atoms with Gasteiger partial charge in [0.2, 0.25) is 0 Å². The van der Waals surface area contributed by atoms with Gasteiger partial charge in [-0.1, -0.05) is 39.5 Å². The van der Waals surface area contributed by atoms with Crippen LogP contribution in [0.25, 0.3) is 0 Å². The van der Waals surface area contributed by atoms with Gasteiger partial charge in [-0.25, -0.2) is 0 Å². The highest BCUT2D eigenvalue weighted by molar-refractivity contribution is 4.89. The van der Waals surface area contributed by atoms with Crippen LogP contribution in [-0.2, 0) is 0 Å². The number of rotatable bonds is 4. The molecule has 0 heterocycles. The SMILES string of the molecule is CN(CC1(CN)CCCCCC1)C1CCC(C)(C)CC1. The van der Waals surface area contributed by atoms with Gasteiger partial charge in [0.15, 0.2) is 0 Å². The monoisotopic (exact) mass is 280 g/mol. The molecule has 2 aliphatic rings. The largest absolute Gasteiger partial charge is 0.330 e. The van der Waals surface area contributed by atoms with Crippen molar-refractivity contribution in [1.29, 1.82) is 0 Å². The van der Waals surface area contributed by atoms with Crippen molar-refractivity contribution >= 4 is 0 Å². The molecule has 2 N–H and O–H groups in total. The molecule has 0 aromatic carbocycles. The van der Waals surface area contributed by atoms with E-state index in [1.165, 1.54) is 70.8 Å². The van der Waals surface area contributed by atoms with Crippen LogP contribution in [-0.4, -0.2) is 31.1 Å². The van der Waals surface area contributed by atoms with Crippen LogP contribution in [0.1, 0.15) is 78.1 Å². The molecule has 0 aliphatic heterocycles. The Morgan fingerprint density at radius 2 is 1.50 bits per heavy atom. The predicted molar refractivity (Wildman–Crippen MR) is 87.9 cm³/mol. The molecule has 0 bridgehead atoms. The van der Waals surface area contributed by atoms with E-state index in [0.29, 0.717) is 10.8 Å². The standard InChI is InChI=1S/C18H36N2/c1-17(2)12-8-16(9-13-17)20(3)15-18(14-19)10-6-4-5-7-11-18/h16H,4-15,19H2,1-3H3. The molecule has 2 fully saturated rings. The van der Waals surface area contributed by atoms with Crippen molar-refractivity contribution in [3.63, 3.8) is 0 Å². The highest BCUT2D eigenvalue weighted by atomic mass is 15.1. The Labute approximate surface area is 126 Å². The van der Waals surface area contributed by atoms with Gasteiger partial charge in [0.25, 0.3) is 0 Å². The zero-order valence-corrected chi connectivity index (χ0v) is 14.1. The second-order valence-corrected chi connectivity index (χ2v) is 8.43. The van der Waals surface area contributed by atoms with E-state index in [-0.39, 0.29) is 0 Å². The summed E-state index contributed by atoms with van der Waals surface area (Å²) in [6.45, 7) is 6.97. The van der Waals surface area contributed by atoms with Gasteiger partial charge in [0.05, 0.1) is 0 Å². The number of hydrogen-bond donors (Lipinski definition) is 1. The van der Waals surface area contributed by atoms with Crippen LogP contribution in [0.3, 0.4) is 0 Å². The molecule has 0 amide bonds. The molecular weight excluding hydrogens is 244 g/mol. The molecule has 2 aliphatic carbocycles. The molecule has 2 nitrogen and oxygen atoms in total. The first-order chi connectivity index (χ1) is 9.46. The summed E-state index contributed by atoms with van der Waals surface area (Å²) in [5.41, 5.74) is 7.19. The van der Waals surface area contributed by atoms with Gasteiger partial charge in [0.1, 0.15) is 0 Å². The lowest BCUT2D eigenvalue weighted by Gasteiger charge is -2.43. The van der Waals surface area contributed by atoms with Crippen LogP contribution in [0.15, 0.2) is 0 Å². The summed E-state index contributed by atoms with van der Waals surface area (Å²) in [6, 6.07) is 0.801. The first kappa shape index (κ1) is 16.3. The number of hydrogen-bond acceptors (Lipinski definition) is 2. The average molecular weight is 280 g/mol. The Kier molecular flexibility index (Phi) is 5.53. The van der Waals surface area contributed by atoms with Crippen molar-refractivity contribution in [2.75, 3.05) is 20.1 Å². The fourth-order valence-electron chi connectivity index (χ4n) is 4.39. The fourth-order valence-corrected chi connectivity index (χ4v) is 4.39. The Morgan fingerprint density at radius 3 is 2.00 bits per heavy atom. The summed E-state index contributed by atoms with van der Waals surface area (Å²) in [5, 5.41) is 0. The fraction of sp³-hybridized carbons (Fsp3) is 1.00. The van der Waals surface area contributed by atoms with Crippen LogP contribution < -0.4 is 5.73 Å². The minimum absolute atomic E-state index is 0.415. The molecule has 0 saturated heterocycles. The van der Waals surface area contributed by atoms with Gasteiger partial charge in [-0.05, 0) is 62.9 Å². The Balaban J connectivity index is 1.90. The second kappa shape index (κ2) is 6.79. The van der Waals surface area contributed by atoms with Gasteiger partial charge in [-0.3, -0.25) is 0 Å². The van der Waals surface area contributed by atoms with E-state index in [0.717, 1.165) is 12.6 Å². The lowest BCUT2D eigenvalue weighted by molar-refractivity contribution is 0.0783. The highest BCUT2D eigenvalue weighted by Gasteiger charge is 2.34. The van der Waals surface area contributed by atoms with Gasteiger partial charge < -0.3 is 10.6 Å². The molecule has 0 aromatic heterocycles. The van der Waals surface area contributed by atoms with Crippen LogP contribution in [0.4, 0.5) is 0 Å². The first-order valence-electron chi connectivity index (χ1n) is 8.87. The summed E-state index contributed by atoms with van der Waals surface area (Å²) < 4.78 is 0. The molecule has 0 spiro atoms. The maximum absolute atomic E-state index is 6.20. The van der Waals surface area contributed by atoms with Crippen LogP contribution in [0.5, 0.6) is 0 Å². The molecule has 0 unspecified atom stereocenters. The molecule has 0 radical (unpaired) electrons. The first-order valence-corrected chi connectivity index (χ1v) is 8.87. The van der Waals surface area contributed by atoms with Crippen molar-refractivity contribution < 1.29 is 0 Å². The molecule has 2 heteroatoms. The molecule has 2 rings (SSSR count). The number of nitrogens with zero attached hydrogens (tertiary/aromatic N) is 1. The predicted octanol–water partition coefficient (Wildman–Crippen LogP) is 4.19. The normalized spacial score (nSPS) is 27.4. The van der Waals surface area contributed by atoms with E-state index in [9.17, 15) is 0 Å². The third-order valence-corrected chi connectivity index (χ3v) is 6.11. The lowest BCUT2D eigenvalue weighted by Crippen LogP contribution is -2.46. The Morgan fingerprint density at radius 1 is 0.950 bits per heavy atom. The van der Waals surface area contributed by atoms with Gasteiger partial charge in [0, 0.05) is 12.6 Å². The summed E-state index contributed by atoms with van der Waals surface area (Å²) in [6.07, 6.45) is 13.9. The minimum atomic E-state index is 0.415. The van der Waals surface area contributed by atoms with Crippen molar-refractivity contribution in [2.24, 2.45) is 16.6 Å². The average Bonchev–Trinajstić information content (AvgIpc) is 2.64. The van der Waals surface area contributed by atoms with Crippen LogP contribution >= 0.6 is 0 Å². The maximum atomic E-state index is 6.20. The van der Waals surface area contributed by atoms with E-state index in [4.69, 9.17) is 5.73 Å². The van der Waals surface area contributed by atoms with Crippen molar-refractivity contribution in [3.8, 4) is 0 Å². The van der Waals surface area contributed by atoms with Crippen molar-refractivity contribution in [1.82, 2.24) is 4.90 Å². The maximum Gasteiger partial charge on any atom is 0.00928 e. The third-order valence-electron chi connectivity index (χ3n) is 6.11. The van der Waals surface area contributed by atoms with Gasteiger partial charge >= 0.3 is 0 Å². The second-order valence-electron chi connectivity index (χ2n) is 8.43. The number of nitrogens with two attached hydrogens (primary N) is 1. The molecular formula is C18H36N2. The zero-order chi connectivity index (χ0) is 14.6. The summed E-state index contributed by atoms with van der Waals surface area (Å²) in [4.78, 5) is 2.66. The molecule has 2 saturated carbocycles. The summed E-state index contributed by atoms with van der Waals surface area (Å²) >= 11 is 0. The van der Waals surface area contributed by atoms with E-state index < -0.39 is 0 Å². The molecule has 0 atom stereocenters. The minimum Gasteiger partial charge on any atom is -0.330 e. The zero-order valence-electron chi connectivity index (χ0n) is 14.1. The third kappa shape index (κ3) is 4.21. The van der Waals surface area contributed by atoms with E-state index in [1.54, 1.807) is 0 Å². The Hall–Kier alpha value is -0.0800. The van der Waals surface area contributed by atoms with Crippen LogP contribution in [0, 0.1) is 10.8 Å². The highest BCUT2D eigenvalue weighted by Crippen LogP contribution is 2.39. The van der Waals surface area contributed by atoms with E-state index in [1.807, 2.05) is 0 Å².